The number of ether oxygens (including phenoxy) is 2. The second-order valence-electron chi connectivity index (χ2n) is 9.21. The molecule has 1 N–H and O–H groups in total. The normalized spacial score (nSPS) is 30.7. The Labute approximate surface area is 194 Å². The van der Waals surface area contributed by atoms with Crippen LogP contribution in [0.25, 0.3) is 0 Å². The van der Waals surface area contributed by atoms with Crippen LogP contribution < -0.4 is 4.74 Å². The van der Waals surface area contributed by atoms with Crippen LogP contribution in [0.2, 0.25) is 0 Å². The van der Waals surface area contributed by atoms with Crippen LogP contribution in [-0.2, 0) is 11.2 Å². The SMILES string of the molecule is COc1cccc2c1[C@H](COC(=O)c1ccccc1)N1[C@@H](C#N)[C@@H]3C[C@@H](CO)[C@H]([C@@H]1C2)N3C. The van der Waals surface area contributed by atoms with E-state index in [9.17, 15) is 15.2 Å². The Kier molecular flexibility index (Phi) is 5.83. The second-order valence-corrected chi connectivity index (χ2v) is 9.21. The minimum atomic E-state index is -0.381. The van der Waals surface area contributed by atoms with Crippen LogP contribution in [0.15, 0.2) is 48.5 Å². The summed E-state index contributed by atoms with van der Waals surface area (Å²) in [7, 11) is 3.71. The number of hydrogen-bond acceptors (Lipinski definition) is 7. The molecule has 0 aliphatic carbocycles. The lowest BCUT2D eigenvalue weighted by molar-refractivity contribution is -0.0576. The number of esters is 1. The van der Waals surface area contributed by atoms with Crippen LogP contribution in [0.4, 0.5) is 0 Å². The summed E-state index contributed by atoms with van der Waals surface area (Å²) in [4.78, 5) is 17.3. The van der Waals surface area contributed by atoms with Gasteiger partial charge < -0.3 is 14.6 Å². The summed E-state index contributed by atoms with van der Waals surface area (Å²) in [5.74, 6) is 0.479. The van der Waals surface area contributed by atoms with Crippen molar-refractivity contribution in [2.45, 2.75) is 43.1 Å². The zero-order valence-corrected chi connectivity index (χ0v) is 18.9. The predicted octanol–water partition coefficient (Wildman–Crippen LogP) is 2.41. The highest BCUT2D eigenvalue weighted by Gasteiger charge is 2.58. The quantitative estimate of drug-likeness (QED) is 0.705. The standard InChI is InChI=1S/C26H29N3O4/c1-28-19-12-18(14-30)25(28)20-11-17-9-6-10-23(32-2)24(17)22(29(20)21(19)13-27)15-33-26(31)16-7-4-3-5-8-16/h3-10,18-22,25,30H,11-12,14-15H2,1-2H3/t18-,19-,20-,21-,22-,25+/m0/s1. The Morgan fingerprint density at radius 3 is 2.67 bits per heavy atom. The Hall–Kier alpha value is -2.92. The number of nitrogens with zero attached hydrogens (tertiary/aromatic N) is 3. The lowest BCUT2D eigenvalue weighted by Gasteiger charge is -2.54. The molecular weight excluding hydrogens is 418 g/mol. The first-order valence-corrected chi connectivity index (χ1v) is 11.5. The number of nitriles is 1. The number of piperazine rings is 1. The van der Waals surface area contributed by atoms with Gasteiger partial charge in [0, 0.05) is 36.2 Å². The summed E-state index contributed by atoms with van der Waals surface area (Å²) >= 11 is 0. The molecule has 0 amide bonds. The number of aliphatic hydroxyl groups is 1. The van der Waals surface area contributed by atoms with E-state index >= 15 is 0 Å². The van der Waals surface area contributed by atoms with Gasteiger partial charge in [-0.3, -0.25) is 9.80 Å². The molecule has 0 saturated carbocycles. The number of carbonyl (C=O) groups excluding carboxylic acids is 1. The molecule has 2 saturated heterocycles. The van der Waals surface area contributed by atoms with Crippen LogP contribution >= 0.6 is 0 Å². The number of likely N-dealkylation sites (N-methyl/N-ethyl adjacent to an activating group) is 1. The van der Waals surface area contributed by atoms with Crippen LogP contribution in [0.5, 0.6) is 5.75 Å². The molecule has 33 heavy (non-hydrogen) atoms. The topological polar surface area (TPSA) is 86.0 Å². The van der Waals surface area contributed by atoms with Gasteiger partial charge in [-0.25, -0.2) is 4.79 Å². The second kappa shape index (κ2) is 8.79. The van der Waals surface area contributed by atoms with Crippen molar-refractivity contribution < 1.29 is 19.4 Å². The first-order chi connectivity index (χ1) is 16.1. The number of methoxy groups -OCH3 is 1. The van der Waals surface area contributed by atoms with Crippen LogP contribution in [0, 0.1) is 17.2 Å². The van der Waals surface area contributed by atoms with Crippen molar-refractivity contribution in [3.8, 4) is 11.8 Å². The van der Waals surface area contributed by atoms with Crippen molar-refractivity contribution in [1.29, 1.82) is 5.26 Å². The van der Waals surface area contributed by atoms with Crippen molar-refractivity contribution >= 4 is 5.97 Å². The Balaban J connectivity index is 1.55. The van der Waals surface area contributed by atoms with Gasteiger partial charge in [0.25, 0.3) is 0 Å². The van der Waals surface area contributed by atoms with Gasteiger partial charge in [-0.1, -0.05) is 30.3 Å². The van der Waals surface area contributed by atoms with Gasteiger partial charge in [-0.05, 0) is 43.7 Å². The monoisotopic (exact) mass is 447 g/mol. The lowest BCUT2D eigenvalue weighted by Crippen LogP contribution is -2.67. The fourth-order valence-electron chi connectivity index (χ4n) is 6.35. The van der Waals surface area contributed by atoms with Crippen LogP contribution in [-0.4, -0.2) is 72.4 Å². The molecule has 2 aromatic carbocycles. The van der Waals surface area contributed by atoms with Gasteiger partial charge in [0.15, 0.2) is 0 Å². The van der Waals surface area contributed by atoms with Gasteiger partial charge in [0.2, 0.25) is 0 Å². The van der Waals surface area contributed by atoms with E-state index in [0.717, 1.165) is 29.7 Å². The van der Waals surface area contributed by atoms with Gasteiger partial charge in [-0.15, -0.1) is 0 Å². The lowest BCUT2D eigenvalue weighted by atomic mass is 9.80. The van der Waals surface area contributed by atoms with E-state index in [1.165, 1.54) is 0 Å². The van der Waals surface area contributed by atoms with Gasteiger partial charge in [0.1, 0.15) is 18.4 Å². The van der Waals surface area contributed by atoms with Gasteiger partial charge in [0.05, 0.1) is 24.8 Å². The third-order valence-electron chi connectivity index (χ3n) is 7.73. The molecule has 0 spiro atoms. The van der Waals surface area contributed by atoms with Crippen LogP contribution in [0.1, 0.15) is 33.9 Å². The molecule has 0 aromatic heterocycles. The highest BCUT2D eigenvalue weighted by molar-refractivity contribution is 5.89. The molecule has 172 valence electrons. The average molecular weight is 448 g/mol. The molecule has 2 bridgehead atoms. The molecule has 5 rings (SSSR count). The number of aliphatic hydroxyl groups excluding tert-OH is 1. The molecule has 7 nitrogen and oxygen atoms in total. The van der Waals surface area contributed by atoms with E-state index < -0.39 is 0 Å². The van der Waals surface area contributed by atoms with E-state index in [0.29, 0.717) is 5.56 Å². The maximum atomic E-state index is 12.8. The third-order valence-corrected chi connectivity index (χ3v) is 7.73. The number of carbonyl (C=O) groups is 1. The largest absolute Gasteiger partial charge is 0.496 e. The maximum Gasteiger partial charge on any atom is 0.338 e. The van der Waals surface area contributed by atoms with E-state index in [-0.39, 0.29) is 55.3 Å². The Bertz CT molecular complexity index is 1070. The Morgan fingerprint density at radius 2 is 1.97 bits per heavy atom. The summed E-state index contributed by atoms with van der Waals surface area (Å²) < 4.78 is 11.5. The van der Waals surface area contributed by atoms with Crippen molar-refractivity contribution in [3.05, 3.63) is 65.2 Å². The highest BCUT2D eigenvalue weighted by atomic mass is 16.5. The number of hydrogen-bond donors (Lipinski definition) is 1. The molecule has 0 unspecified atom stereocenters. The number of benzene rings is 2. The number of rotatable bonds is 5. The molecule has 7 heteroatoms. The fourth-order valence-corrected chi connectivity index (χ4v) is 6.35. The predicted molar refractivity (Wildman–Crippen MR) is 122 cm³/mol. The first kappa shape index (κ1) is 21.9. The van der Waals surface area contributed by atoms with E-state index in [1.54, 1.807) is 19.2 Å². The molecule has 3 heterocycles. The smallest absolute Gasteiger partial charge is 0.338 e. The highest BCUT2D eigenvalue weighted by Crippen LogP contribution is 2.49. The van der Waals surface area contributed by atoms with E-state index in [2.05, 4.69) is 29.0 Å². The molecule has 0 radical (unpaired) electrons. The maximum absolute atomic E-state index is 12.8. The van der Waals surface area contributed by atoms with Crippen molar-refractivity contribution in [2.24, 2.45) is 5.92 Å². The summed E-state index contributed by atoms with van der Waals surface area (Å²) in [5, 5.41) is 20.4. The summed E-state index contributed by atoms with van der Waals surface area (Å²) in [5.41, 5.74) is 2.63. The molecule has 3 aliphatic heterocycles. The van der Waals surface area contributed by atoms with Crippen LogP contribution in [0.3, 0.4) is 0 Å². The fraction of sp³-hybridized carbons (Fsp3) is 0.462. The zero-order chi connectivity index (χ0) is 23.1. The van der Waals surface area contributed by atoms with Gasteiger partial charge >= 0.3 is 5.97 Å². The average Bonchev–Trinajstić information content (AvgIpc) is 3.10. The molecule has 2 aromatic rings. The minimum Gasteiger partial charge on any atom is -0.496 e. The van der Waals surface area contributed by atoms with E-state index in [1.807, 2.05) is 30.3 Å². The van der Waals surface area contributed by atoms with Crippen molar-refractivity contribution in [1.82, 2.24) is 9.80 Å². The zero-order valence-electron chi connectivity index (χ0n) is 18.9. The number of fused-ring (bicyclic) bond motifs is 5. The van der Waals surface area contributed by atoms with Gasteiger partial charge in [-0.2, -0.15) is 5.26 Å². The minimum absolute atomic E-state index is 0.0250. The summed E-state index contributed by atoms with van der Waals surface area (Å²) in [6.07, 6.45) is 1.54. The molecule has 3 aliphatic rings. The first-order valence-electron chi connectivity index (χ1n) is 11.5. The summed E-state index contributed by atoms with van der Waals surface area (Å²) in [6, 6.07) is 17.0. The Morgan fingerprint density at radius 1 is 1.18 bits per heavy atom. The third kappa shape index (κ3) is 3.50. The van der Waals surface area contributed by atoms with Crippen molar-refractivity contribution in [3.63, 3.8) is 0 Å². The molecular formula is C26H29N3O4. The molecule has 2 fully saturated rings. The molecule has 6 atom stereocenters. The summed E-state index contributed by atoms with van der Waals surface area (Å²) in [6.45, 7) is 0.231. The van der Waals surface area contributed by atoms with Crippen molar-refractivity contribution in [2.75, 3.05) is 27.4 Å². The van der Waals surface area contributed by atoms with E-state index in [4.69, 9.17) is 9.47 Å².